The van der Waals surface area contributed by atoms with Gasteiger partial charge in [-0.3, -0.25) is 9.78 Å². The van der Waals surface area contributed by atoms with Crippen molar-refractivity contribution in [3.05, 3.63) is 48.7 Å². The van der Waals surface area contributed by atoms with E-state index in [0.717, 1.165) is 29.4 Å². The van der Waals surface area contributed by atoms with Crippen molar-refractivity contribution in [3.63, 3.8) is 0 Å². The molecule has 0 saturated carbocycles. The summed E-state index contributed by atoms with van der Waals surface area (Å²) in [5, 5.41) is 4.08. The highest BCUT2D eigenvalue weighted by atomic mass is 16.1. The second kappa shape index (κ2) is 15.6. The molecule has 0 aliphatic carbocycles. The first-order chi connectivity index (χ1) is 14.8. The maximum absolute atomic E-state index is 12.2. The lowest BCUT2D eigenvalue weighted by atomic mass is 10.1. The van der Waals surface area contributed by atoms with E-state index in [1.807, 2.05) is 30.3 Å². The maximum Gasteiger partial charge on any atom is 0.224 e. The van der Waals surface area contributed by atoms with Gasteiger partial charge in [-0.25, -0.2) is 0 Å². The number of carbonyl (C=O) groups is 1. The van der Waals surface area contributed by atoms with Crippen molar-refractivity contribution >= 4 is 22.5 Å². The number of benzene rings is 1. The van der Waals surface area contributed by atoms with Gasteiger partial charge in [-0.05, 0) is 44.2 Å². The van der Waals surface area contributed by atoms with E-state index in [1.165, 1.54) is 70.6 Å². The van der Waals surface area contributed by atoms with E-state index in [2.05, 4.69) is 29.4 Å². The highest BCUT2D eigenvalue weighted by Gasteiger charge is 2.06. The molecule has 2 aromatic rings. The van der Waals surface area contributed by atoms with Gasteiger partial charge in [-0.15, -0.1) is 0 Å². The van der Waals surface area contributed by atoms with Crippen molar-refractivity contribution in [1.82, 2.24) is 4.98 Å². The largest absolute Gasteiger partial charge is 0.324 e. The van der Waals surface area contributed by atoms with Gasteiger partial charge in [0, 0.05) is 18.0 Å². The standard InChI is InChI=1S/C27H40N2O/c1-2-3-4-5-6-7-8-9-10-11-12-13-14-15-16-22-26(30)29-25-21-17-19-24-20-18-23-28-27(24)25/h9-10,17-21,23H,2-8,11-16,22H2,1H3,(H,29,30)/b10-9-. The molecule has 0 bridgehead atoms. The lowest BCUT2D eigenvalue weighted by molar-refractivity contribution is -0.116. The van der Waals surface area contributed by atoms with Gasteiger partial charge < -0.3 is 5.32 Å². The minimum atomic E-state index is 0.0887. The lowest BCUT2D eigenvalue weighted by Crippen LogP contribution is -2.11. The molecule has 3 heteroatoms. The molecular formula is C27H40N2O. The van der Waals surface area contributed by atoms with Crippen molar-refractivity contribution in [1.29, 1.82) is 0 Å². The molecule has 30 heavy (non-hydrogen) atoms. The third kappa shape index (κ3) is 10.0. The van der Waals surface area contributed by atoms with Crippen LogP contribution >= 0.6 is 0 Å². The minimum absolute atomic E-state index is 0.0887. The number of aromatic nitrogens is 1. The van der Waals surface area contributed by atoms with Crippen LogP contribution in [-0.2, 0) is 4.79 Å². The molecule has 0 spiro atoms. The number of hydrogen-bond donors (Lipinski definition) is 1. The number of nitrogens with one attached hydrogen (secondary N) is 1. The number of amides is 1. The van der Waals surface area contributed by atoms with Crippen molar-refractivity contribution in [3.8, 4) is 0 Å². The number of fused-ring (bicyclic) bond motifs is 1. The summed E-state index contributed by atoms with van der Waals surface area (Å²) in [6, 6.07) is 9.83. The number of hydrogen-bond acceptors (Lipinski definition) is 2. The average Bonchev–Trinajstić information content (AvgIpc) is 2.76. The summed E-state index contributed by atoms with van der Waals surface area (Å²) in [5.41, 5.74) is 1.67. The topological polar surface area (TPSA) is 42.0 Å². The van der Waals surface area contributed by atoms with Crippen molar-refractivity contribution in [2.75, 3.05) is 5.32 Å². The maximum atomic E-state index is 12.2. The Morgan fingerprint density at radius 1 is 0.833 bits per heavy atom. The van der Waals surface area contributed by atoms with E-state index >= 15 is 0 Å². The molecule has 0 fully saturated rings. The van der Waals surface area contributed by atoms with Crippen molar-refractivity contribution < 1.29 is 4.79 Å². The number of anilines is 1. The number of para-hydroxylation sites is 1. The van der Waals surface area contributed by atoms with Crippen LogP contribution in [0, 0.1) is 0 Å². The zero-order valence-corrected chi connectivity index (χ0v) is 18.9. The zero-order valence-electron chi connectivity index (χ0n) is 18.9. The predicted molar refractivity (Wildman–Crippen MR) is 130 cm³/mol. The molecule has 0 saturated heterocycles. The fourth-order valence-corrected chi connectivity index (χ4v) is 3.77. The first-order valence-corrected chi connectivity index (χ1v) is 12.1. The second-order valence-electron chi connectivity index (χ2n) is 8.26. The van der Waals surface area contributed by atoms with Gasteiger partial charge in [0.1, 0.15) is 0 Å². The van der Waals surface area contributed by atoms with Gasteiger partial charge in [0.2, 0.25) is 5.91 Å². The van der Waals surface area contributed by atoms with Gasteiger partial charge in [0.05, 0.1) is 11.2 Å². The Kier molecular flexibility index (Phi) is 12.6. The Balaban J connectivity index is 1.45. The average molecular weight is 409 g/mol. The molecule has 0 radical (unpaired) electrons. The lowest BCUT2D eigenvalue weighted by Gasteiger charge is -2.08. The third-order valence-electron chi connectivity index (χ3n) is 5.57. The molecule has 164 valence electrons. The van der Waals surface area contributed by atoms with Gasteiger partial charge in [0.25, 0.3) is 0 Å². The molecule has 1 aromatic carbocycles. The Labute approximate surface area is 183 Å². The molecular weight excluding hydrogens is 368 g/mol. The van der Waals surface area contributed by atoms with Crippen LogP contribution in [0.1, 0.15) is 96.8 Å². The zero-order chi connectivity index (χ0) is 21.3. The molecule has 0 atom stereocenters. The Hall–Kier alpha value is -2.16. The van der Waals surface area contributed by atoms with Crippen LogP contribution in [0.3, 0.4) is 0 Å². The molecule has 0 aliphatic rings. The number of nitrogens with zero attached hydrogens (tertiary/aromatic N) is 1. The fourth-order valence-electron chi connectivity index (χ4n) is 3.77. The highest BCUT2D eigenvalue weighted by molar-refractivity contribution is 6.00. The van der Waals surface area contributed by atoms with E-state index in [4.69, 9.17) is 0 Å². The summed E-state index contributed by atoms with van der Waals surface area (Å²) >= 11 is 0. The minimum Gasteiger partial charge on any atom is -0.324 e. The van der Waals surface area contributed by atoms with E-state index < -0.39 is 0 Å². The first kappa shape index (κ1) is 24.1. The van der Waals surface area contributed by atoms with Gasteiger partial charge in [0.15, 0.2) is 0 Å². The number of rotatable bonds is 16. The number of carbonyl (C=O) groups excluding carboxylic acids is 1. The van der Waals surface area contributed by atoms with E-state index in [9.17, 15) is 4.79 Å². The van der Waals surface area contributed by atoms with Crippen LogP contribution in [-0.4, -0.2) is 10.9 Å². The van der Waals surface area contributed by atoms with Crippen molar-refractivity contribution in [2.45, 2.75) is 96.8 Å². The van der Waals surface area contributed by atoms with Crippen LogP contribution in [0.25, 0.3) is 10.9 Å². The van der Waals surface area contributed by atoms with Crippen LogP contribution in [0.4, 0.5) is 5.69 Å². The molecule has 0 unspecified atom stereocenters. The fraction of sp³-hybridized carbons (Fsp3) is 0.556. The molecule has 2 rings (SSSR count). The molecule has 1 N–H and O–H groups in total. The second-order valence-corrected chi connectivity index (χ2v) is 8.26. The summed E-state index contributed by atoms with van der Waals surface area (Å²) in [4.78, 5) is 16.6. The van der Waals surface area contributed by atoms with E-state index in [0.29, 0.717) is 6.42 Å². The van der Waals surface area contributed by atoms with Crippen molar-refractivity contribution in [2.24, 2.45) is 0 Å². The highest BCUT2D eigenvalue weighted by Crippen LogP contribution is 2.21. The number of allylic oxidation sites excluding steroid dienone is 2. The van der Waals surface area contributed by atoms with E-state index in [-0.39, 0.29) is 5.91 Å². The van der Waals surface area contributed by atoms with Crippen LogP contribution in [0.5, 0.6) is 0 Å². The third-order valence-corrected chi connectivity index (χ3v) is 5.57. The predicted octanol–water partition coefficient (Wildman–Crippen LogP) is 8.21. The summed E-state index contributed by atoms with van der Waals surface area (Å²) in [6.45, 7) is 2.27. The normalized spacial score (nSPS) is 11.4. The van der Waals surface area contributed by atoms with Crippen LogP contribution < -0.4 is 5.32 Å². The molecule has 0 aliphatic heterocycles. The summed E-state index contributed by atoms with van der Waals surface area (Å²) in [7, 11) is 0. The summed E-state index contributed by atoms with van der Waals surface area (Å²) in [5.74, 6) is 0.0887. The van der Waals surface area contributed by atoms with Crippen LogP contribution in [0.2, 0.25) is 0 Å². The van der Waals surface area contributed by atoms with E-state index in [1.54, 1.807) is 6.20 Å². The van der Waals surface area contributed by atoms with Gasteiger partial charge in [-0.2, -0.15) is 0 Å². The number of pyridine rings is 1. The monoisotopic (exact) mass is 408 g/mol. The Morgan fingerprint density at radius 3 is 2.20 bits per heavy atom. The number of unbranched alkanes of at least 4 members (excludes halogenated alkanes) is 11. The molecule has 1 amide bonds. The van der Waals surface area contributed by atoms with Gasteiger partial charge in [-0.1, -0.05) is 88.6 Å². The molecule has 1 aromatic heterocycles. The van der Waals surface area contributed by atoms with Crippen LogP contribution in [0.15, 0.2) is 48.7 Å². The van der Waals surface area contributed by atoms with Gasteiger partial charge >= 0.3 is 0 Å². The Bertz CT molecular complexity index is 748. The molecule has 3 nitrogen and oxygen atoms in total. The first-order valence-electron chi connectivity index (χ1n) is 12.1. The summed E-state index contributed by atoms with van der Waals surface area (Å²) < 4.78 is 0. The Morgan fingerprint density at radius 2 is 1.47 bits per heavy atom. The summed E-state index contributed by atoms with van der Waals surface area (Å²) in [6.07, 6.45) is 23.6. The SMILES string of the molecule is CCCCCCCC/C=C\CCCCCCCC(=O)Nc1cccc2cccnc12. The quantitative estimate of drug-likeness (QED) is 0.224. The molecule has 1 heterocycles. The smallest absolute Gasteiger partial charge is 0.224 e.